The van der Waals surface area contributed by atoms with Gasteiger partial charge in [-0.05, 0) is 26.3 Å². The Morgan fingerprint density at radius 1 is 1.56 bits per heavy atom. The molecule has 0 spiro atoms. The normalized spacial score (nSPS) is 15.5. The summed E-state index contributed by atoms with van der Waals surface area (Å²) in [5, 5.41) is 20.2. The van der Waals surface area contributed by atoms with E-state index in [4.69, 9.17) is 5.11 Å². The van der Waals surface area contributed by atoms with Gasteiger partial charge >= 0.3 is 0 Å². The maximum absolute atomic E-state index is 8.73. The summed E-state index contributed by atoms with van der Waals surface area (Å²) in [6.07, 6.45) is 5.38. The van der Waals surface area contributed by atoms with E-state index in [-0.39, 0.29) is 6.61 Å². The van der Waals surface area contributed by atoms with E-state index in [1.165, 1.54) is 12.8 Å². The molecule has 0 aromatic carbocycles. The SMILES string of the molecule is CN(CCNCc1cn(CCCO)nn1)C1CC1. The van der Waals surface area contributed by atoms with E-state index in [2.05, 4.69) is 27.6 Å². The zero-order chi connectivity index (χ0) is 12.8. The van der Waals surface area contributed by atoms with E-state index in [1.807, 2.05) is 6.20 Å². The second kappa shape index (κ2) is 6.82. The van der Waals surface area contributed by atoms with Gasteiger partial charge in [0.2, 0.25) is 0 Å². The van der Waals surface area contributed by atoms with Crippen LogP contribution in [-0.2, 0) is 13.1 Å². The van der Waals surface area contributed by atoms with Crippen molar-refractivity contribution in [2.45, 2.75) is 38.4 Å². The van der Waals surface area contributed by atoms with Crippen molar-refractivity contribution in [1.82, 2.24) is 25.2 Å². The smallest absolute Gasteiger partial charge is 0.0964 e. The second-order valence-electron chi connectivity index (χ2n) is 4.94. The first-order chi connectivity index (χ1) is 8.79. The Hall–Kier alpha value is -0.980. The van der Waals surface area contributed by atoms with Crippen LogP contribution in [0.25, 0.3) is 0 Å². The fourth-order valence-electron chi connectivity index (χ4n) is 1.93. The lowest BCUT2D eigenvalue weighted by Crippen LogP contribution is -2.30. The average Bonchev–Trinajstić information content (AvgIpc) is 3.13. The number of aliphatic hydroxyl groups is 1. The van der Waals surface area contributed by atoms with E-state index < -0.39 is 0 Å². The molecule has 1 aliphatic carbocycles. The van der Waals surface area contributed by atoms with E-state index in [0.717, 1.165) is 44.3 Å². The third-order valence-electron chi connectivity index (χ3n) is 3.25. The van der Waals surface area contributed by atoms with Crippen LogP contribution in [0.15, 0.2) is 6.20 Å². The van der Waals surface area contributed by atoms with Crippen molar-refractivity contribution in [3.8, 4) is 0 Å². The molecule has 0 aliphatic heterocycles. The summed E-state index contributed by atoms with van der Waals surface area (Å²) in [5.41, 5.74) is 0.960. The van der Waals surface area contributed by atoms with Gasteiger partial charge in [-0.25, -0.2) is 0 Å². The summed E-state index contributed by atoms with van der Waals surface area (Å²) >= 11 is 0. The third-order valence-corrected chi connectivity index (χ3v) is 3.25. The van der Waals surface area contributed by atoms with E-state index in [9.17, 15) is 0 Å². The quantitative estimate of drug-likeness (QED) is 0.599. The summed E-state index contributed by atoms with van der Waals surface area (Å²) in [7, 11) is 2.19. The van der Waals surface area contributed by atoms with Crippen molar-refractivity contribution >= 4 is 0 Å². The van der Waals surface area contributed by atoms with Crippen LogP contribution in [0.5, 0.6) is 0 Å². The molecule has 0 atom stereocenters. The number of nitrogens with zero attached hydrogens (tertiary/aromatic N) is 4. The van der Waals surface area contributed by atoms with Gasteiger partial charge in [-0.3, -0.25) is 4.68 Å². The molecule has 6 nitrogen and oxygen atoms in total. The molecule has 1 saturated carbocycles. The number of aliphatic hydroxyl groups excluding tert-OH is 1. The van der Waals surface area contributed by atoms with Crippen LogP contribution in [0.4, 0.5) is 0 Å². The monoisotopic (exact) mass is 253 g/mol. The molecule has 1 aromatic heterocycles. The number of aryl methyl sites for hydroxylation is 1. The molecule has 0 bridgehead atoms. The minimum absolute atomic E-state index is 0.195. The molecule has 0 saturated heterocycles. The number of nitrogens with one attached hydrogen (secondary N) is 1. The average molecular weight is 253 g/mol. The van der Waals surface area contributed by atoms with Gasteiger partial charge in [0.05, 0.1) is 5.69 Å². The predicted molar refractivity (Wildman–Crippen MR) is 69.1 cm³/mol. The maximum Gasteiger partial charge on any atom is 0.0964 e. The van der Waals surface area contributed by atoms with Crippen molar-refractivity contribution in [1.29, 1.82) is 0 Å². The highest BCUT2D eigenvalue weighted by molar-refractivity contribution is 4.91. The van der Waals surface area contributed by atoms with Gasteiger partial charge < -0.3 is 15.3 Å². The largest absolute Gasteiger partial charge is 0.396 e. The molecule has 1 aliphatic rings. The zero-order valence-corrected chi connectivity index (χ0v) is 11.0. The van der Waals surface area contributed by atoms with Crippen LogP contribution >= 0.6 is 0 Å². The molecule has 18 heavy (non-hydrogen) atoms. The van der Waals surface area contributed by atoms with Crippen molar-refractivity contribution in [3.05, 3.63) is 11.9 Å². The van der Waals surface area contributed by atoms with E-state index in [1.54, 1.807) is 4.68 Å². The lowest BCUT2D eigenvalue weighted by molar-refractivity contribution is 0.276. The summed E-state index contributed by atoms with van der Waals surface area (Å²) in [6.45, 7) is 3.76. The molecule has 1 aromatic rings. The number of hydrogen-bond acceptors (Lipinski definition) is 5. The van der Waals surface area contributed by atoms with E-state index in [0.29, 0.717) is 0 Å². The highest BCUT2D eigenvalue weighted by Gasteiger charge is 2.25. The zero-order valence-electron chi connectivity index (χ0n) is 11.0. The third kappa shape index (κ3) is 4.36. The molecule has 2 rings (SSSR count). The Bertz CT molecular complexity index is 350. The maximum atomic E-state index is 8.73. The van der Waals surface area contributed by atoms with Crippen molar-refractivity contribution in [2.75, 3.05) is 26.7 Å². The number of likely N-dealkylation sites (N-methyl/N-ethyl adjacent to an activating group) is 1. The summed E-state index contributed by atoms with van der Waals surface area (Å²) in [6, 6.07) is 0.825. The molecule has 1 fully saturated rings. The Labute approximate surface area is 108 Å². The number of aromatic nitrogens is 3. The summed E-state index contributed by atoms with van der Waals surface area (Å²) in [5.74, 6) is 0. The predicted octanol–water partition coefficient (Wildman–Crippen LogP) is -0.156. The van der Waals surface area contributed by atoms with E-state index >= 15 is 0 Å². The highest BCUT2D eigenvalue weighted by Crippen LogP contribution is 2.24. The van der Waals surface area contributed by atoms with Crippen LogP contribution in [0.3, 0.4) is 0 Å². The second-order valence-corrected chi connectivity index (χ2v) is 4.94. The number of rotatable bonds is 9. The Morgan fingerprint density at radius 3 is 3.11 bits per heavy atom. The van der Waals surface area contributed by atoms with Crippen LogP contribution in [0, 0.1) is 0 Å². The Morgan fingerprint density at radius 2 is 2.39 bits per heavy atom. The lowest BCUT2D eigenvalue weighted by Gasteiger charge is -2.15. The Kier molecular flexibility index (Phi) is 5.10. The topological polar surface area (TPSA) is 66.2 Å². The van der Waals surface area contributed by atoms with Crippen molar-refractivity contribution < 1.29 is 5.11 Å². The van der Waals surface area contributed by atoms with Crippen LogP contribution in [0.1, 0.15) is 25.0 Å². The molecule has 0 amide bonds. The van der Waals surface area contributed by atoms with Crippen molar-refractivity contribution in [3.63, 3.8) is 0 Å². The van der Waals surface area contributed by atoms with Gasteiger partial charge in [0.1, 0.15) is 0 Å². The lowest BCUT2D eigenvalue weighted by atomic mass is 10.4. The van der Waals surface area contributed by atoms with Crippen LogP contribution in [-0.4, -0.2) is 57.8 Å². The van der Waals surface area contributed by atoms with Crippen LogP contribution in [0.2, 0.25) is 0 Å². The summed E-state index contributed by atoms with van der Waals surface area (Å²) < 4.78 is 1.78. The standard InChI is InChI=1S/C12H23N5O/c1-16(12-3-4-12)7-5-13-9-11-10-17(15-14-11)6-2-8-18/h10,12-13,18H,2-9H2,1H3. The molecular weight excluding hydrogens is 230 g/mol. The fourth-order valence-corrected chi connectivity index (χ4v) is 1.93. The first kappa shape index (κ1) is 13.5. The minimum Gasteiger partial charge on any atom is -0.396 e. The van der Waals surface area contributed by atoms with Crippen LogP contribution < -0.4 is 5.32 Å². The minimum atomic E-state index is 0.195. The van der Waals surface area contributed by atoms with Crippen molar-refractivity contribution in [2.24, 2.45) is 0 Å². The van der Waals surface area contributed by atoms with Gasteiger partial charge in [-0.2, -0.15) is 0 Å². The number of hydrogen-bond donors (Lipinski definition) is 2. The first-order valence-corrected chi connectivity index (χ1v) is 6.70. The van der Waals surface area contributed by atoms with Gasteiger partial charge in [0, 0.05) is 45.0 Å². The Balaban J connectivity index is 1.59. The van der Waals surface area contributed by atoms with Gasteiger partial charge in [-0.1, -0.05) is 5.21 Å². The molecule has 1 heterocycles. The van der Waals surface area contributed by atoms with Gasteiger partial charge in [-0.15, -0.1) is 5.10 Å². The molecule has 2 N–H and O–H groups in total. The summed E-state index contributed by atoms with van der Waals surface area (Å²) in [4.78, 5) is 2.41. The van der Waals surface area contributed by atoms with Gasteiger partial charge in [0.25, 0.3) is 0 Å². The molecule has 6 heteroatoms. The molecular formula is C12H23N5O. The molecule has 102 valence electrons. The molecule has 0 unspecified atom stereocenters. The fraction of sp³-hybridized carbons (Fsp3) is 0.833. The van der Waals surface area contributed by atoms with Gasteiger partial charge in [0.15, 0.2) is 0 Å². The molecule has 0 radical (unpaired) electrons. The highest BCUT2D eigenvalue weighted by atomic mass is 16.3. The first-order valence-electron chi connectivity index (χ1n) is 6.70.